The van der Waals surface area contributed by atoms with Crippen LogP contribution in [0.25, 0.3) is 55.8 Å². The number of rotatable bonds is 5. The Bertz CT molecular complexity index is 1780. The molecule has 0 atom stereocenters. The molecule has 0 unspecified atom stereocenters. The van der Waals surface area contributed by atoms with Crippen LogP contribution in [0.5, 0.6) is 0 Å². The SMILES string of the molecule is CC(C)(C)CC(=O)Nc1cncc(-c2cnc3[nH]nc(-c4nc5c(-c6cccnc6)cccc5[nH]4)c3c2)c1. The highest BCUT2D eigenvalue weighted by Crippen LogP contribution is 2.32. The summed E-state index contributed by atoms with van der Waals surface area (Å²) in [5.41, 5.74) is 7.30. The van der Waals surface area contributed by atoms with E-state index in [4.69, 9.17) is 4.98 Å². The van der Waals surface area contributed by atoms with Crippen molar-refractivity contribution in [2.45, 2.75) is 27.2 Å². The summed E-state index contributed by atoms with van der Waals surface area (Å²) in [5.74, 6) is 0.598. The molecule has 0 aliphatic heterocycles. The summed E-state index contributed by atoms with van der Waals surface area (Å²) >= 11 is 0. The molecule has 0 saturated heterocycles. The van der Waals surface area contributed by atoms with Gasteiger partial charge in [0, 0.05) is 53.5 Å². The summed E-state index contributed by atoms with van der Waals surface area (Å²) in [4.78, 5) is 33.9. The first-order chi connectivity index (χ1) is 18.3. The molecule has 0 saturated carbocycles. The van der Waals surface area contributed by atoms with Crippen molar-refractivity contribution in [1.29, 1.82) is 0 Å². The zero-order valence-electron chi connectivity index (χ0n) is 21.3. The fourth-order valence-electron chi connectivity index (χ4n) is 4.49. The fraction of sp³-hybridized carbons (Fsp3) is 0.172. The highest BCUT2D eigenvalue weighted by atomic mass is 16.1. The van der Waals surface area contributed by atoms with Crippen LogP contribution in [0, 0.1) is 5.41 Å². The second kappa shape index (κ2) is 9.19. The number of hydrogen-bond acceptors (Lipinski definition) is 6. The van der Waals surface area contributed by atoms with E-state index in [9.17, 15) is 4.79 Å². The molecule has 6 aromatic rings. The van der Waals surface area contributed by atoms with Gasteiger partial charge in [0.15, 0.2) is 11.5 Å². The van der Waals surface area contributed by atoms with Crippen LogP contribution >= 0.6 is 0 Å². The van der Waals surface area contributed by atoms with Crippen molar-refractivity contribution < 1.29 is 4.79 Å². The second-order valence-electron chi connectivity index (χ2n) is 10.5. The minimum atomic E-state index is -0.100. The number of nitrogens with one attached hydrogen (secondary N) is 3. The molecule has 3 N–H and O–H groups in total. The number of pyridine rings is 3. The largest absolute Gasteiger partial charge is 0.337 e. The number of imidazole rings is 1. The molecule has 5 heterocycles. The lowest BCUT2D eigenvalue weighted by atomic mass is 9.92. The molecule has 1 amide bonds. The zero-order chi connectivity index (χ0) is 26.3. The summed E-state index contributed by atoms with van der Waals surface area (Å²) < 4.78 is 0. The number of aromatic amines is 2. The molecule has 5 aromatic heterocycles. The smallest absolute Gasteiger partial charge is 0.224 e. The number of amides is 1. The van der Waals surface area contributed by atoms with Crippen molar-refractivity contribution in [1.82, 2.24) is 35.1 Å². The van der Waals surface area contributed by atoms with E-state index in [1.165, 1.54) is 0 Å². The normalized spacial score (nSPS) is 11.8. The van der Waals surface area contributed by atoms with E-state index in [-0.39, 0.29) is 11.3 Å². The Morgan fingerprint density at radius 2 is 1.79 bits per heavy atom. The Kier molecular flexibility index (Phi) is 5.68. The maximum Gasteiger partial charge on any atom is 0.224 e. The first-order valence-corrected chi connectivity index (χ1v) is 12.3. The van der Waals surface area contributed by atoms with Crippen molar-refractivity contribution in [2.24, 2.45) is 5.41 Å². The summed E-state index contributed by atoms with van der Waals surface area (Å²) in [7, 11) is 0. The molecule has 0 bridgehead atoms. The van der Waals surface area contributed by atoms with Gasteiger partial charge in [0.2, 0.25) is 5.91 Å². The van der Waals surface area contributed by atoms with Gasteiger partial charge in [0.25, 0.3) is 0 Å². The van der Waals surface area contributed by atoms with E-state index < -0.39 is 0 Å². The minimum absolute atomic E-state index is 0.0438. The average molecular weight is 503 g/mol. The lowest BCUT2D eigenvalue weighted by molar-refractivity contribution is -0.117. The van der Waals surface area contributed by atoms with Crippen LogP contribution < -0.4 is 5.32 Å². The molecular weight excluding hydrogens is 476 g/mol. The number of carbonyl (C=O) groups is 1. The fourth-order valence-corrected chi connectivity index (χ4v) is 4.49. The maximum atomic E-state index is 12.4. The van der Waals surface area contributed by atoms with Gasteiger partial charge in [-0.1, -0.05) is 39.0 Å². The Labute approximate surface area is 218 Å². The number of benzene rings is 1. The van der Waals surface area contributed by atoms with E-state index in [1.807, 2.05) is 69.4 Å². The minimum Gasteiger partial charge on any atom is -0.337 e. The number of aromatic nitrogens is 7. The van der Waals surface area contributed by atoms with Crippen molar-refractivity contribution in [3.63, 3.8) is 0 Å². The van der Waals surface area contributed by atoms with E-state index >= 15 is 0 Å². The van der Waals surface area contributed by atoms with E-state index in [1.54, 1.807) is 24.8 Å². The molecule has 38 heavy (non-hydrogen) atoms. The molecule has 9 nitrogen and oxygen atoms in total. The van der Waals surface area contributed by atoms with Gasteiger partial charge >= 0.3 is 0 Å². The number of para-hydroxylation sites is 1. The third-order valence-electron chi connectivity index (χ3n) is 6.17. The van der Waals surface area contributed by atoms with Crippen molar-refractivity contribution in [3.05, 3.63) is 73.4 Å². The van der Waals surface area contributed by atoms with Gasteiger partial charge in [-0.25, -0.2) is 9.97 Å². The number of fused-ring (bicyclic) bond motifs is 2. The summed E-state index contributed by atoms with van der Waals surface area (Å²) in [5, 5.41) is 11.3. The Balaban J connectivity index is 1.36. The number of carbonyl (C=O) groups excluding carboxylic acids is 1. The van der Waals surface area contributed by atoms with E-state index in [0.29, 0.717) is 29.3 Å². The molecule has 0 aliphatic carbocycles. The molecule has 0 radical (unpaired) electrons. The lowest BCUT2D eigenvalue weighted by Gasteiger charge is -2.17. The van der Waals surface area contributed by atoms with Gasteiger partial charge in [0.05, 0.1) is 28.3 Å². The van der Waals surface area contributed by atoms with Gasteiger partial charge in [-0.2, -0.15) is 5.10 Å². The summed E-state index contributed by atoms with van der Waals surface area (Å²) in [6, 6.07) is 13.9. The first-order valence-electron chi connectivity index (χ1n) is 12.3. The molecule has 0 spiro atoms. The quantitative estimate of drug-likeness (QED) is 0.265. The van der Waals surface area contributed by atoms with Gasteiger partial charge in [0.1, 0.15) is 5.69 Å². The third kappa shape index (κ3) is 4.61. The summed E-state index contributed by atoms with van der Waals surface area (Å²) in [6.07, 6.45) is 9.17. The van der Waals surface area contributed by atoms with E-state index in [2.05, 4.69) is 35.5 Å². The molecule has 188 valence electrons. The van der Waals surface area contributed by atoms with Crippen molar-refractivity contribution in [3.8, 4) is 33.8 Å². The Morgan fingerprint density at radius 1 is 0.947 bits per heavy atom. The number of hydrogen-bond donors (Lipinski definition) is 3. The van der Waals surface area contributed by atoms with Gasteiger partial charge in [-0.15, -0.1) is 0 Å². The Hall–Kier alpha value is -4.92. The third-order valence-corrected chi connectivity index (χ3v) is 6.17. The van der Waals surface area contributed by atoms with Gasteiger partial charge < -0.3 is 10.3 Å². The number of H-pyrrole nitrogens is 2. The monoisotopic (exact) mass is 502 g/mol. The van der Waals surface area contributed by atoms with E-state index in [0.717, 1.165) is 38.7 Å². The number of nitrogens with zero attached hydrogens (tertiary/aromatic N) is 5. The zero-order valence-corrected chi connectivity index (χ0v) is 21.3. The molecule has 0 fully saturated rings. The van der Waals surface area contributed by atoms with Crippen molar-refractivity contribution >= 4 is 33.7 Å². The highest BCUT2D eigenvalue weighted by molar-refractivity contribution is 5.97. The van der Waals surface area contributed by atoms with Crippen LogP contribution in [-0.2, 0) is 4.79 Å². The van der Waals surface area contributed by atoms with Crippen LogP contribution in [0.4, 0.5) is 5.69 Å². The van der Waals surface area contributed by atoms with Crippen LogP contribution in [-0.4, -0.2) is 41.0 Å². The summed E-state index contributed by atoms with van der Waals surface area (Å²) in [6.45, 7) is 6.10. The molecule has 1 aromatic carbocycles. The predicted molar refractivity (Wildman–Crippen MR) is 148 cm³/mol. The number of anilines is 1. The maximum absolute atomic E-state index is 12.4. The van der Waals surface area contributed by atoms with Gasteiger partial charge in [-0.3, -0.25) is 19.9 Å². The topological polar surface area (TPSA) is 125 Å². The van der Waals surface area contributed by atoms with Crippen LogP contribution in [0.3, 0.4) is 0 Å². The Morgan fingerprint density at radius 3 is 2.61 bits per heavy atom. The second-order valence-corrected chi connectivity index (χ2v) is 10.5. The molecule has 6 rings (SSSR count). The van der Waals surface area contributed by atoms with Crippen LogP contribution in [0.15, 0.2) is 73.4 Å². The lowest BCUT2D eigenvalue weighted by Crippen LogP contribution is -2.19. The first kappa shape index (κ1) is 23.5. The molecule has 9 heteroatoms. The average Bonchev–Trinajstić information content (AvgIpc) is 3.51. The predicted octanol–water partition coefficient (Wildman–Crippen LogP) is 6.00. The van der Waals surface area contributed by atoms with Crippen LogP contribution in [0.1, 0.15) is 27.2 Å². The highest BCUT2D eigenvalue weighted by Gasteiger charge is 2.18. The van der Waals surface area contributed by atoms with Crippen LogP contribution in [0.2, 0.25) is 0 Å². The molecule has 0 aliphatic rings. The van der Waals surface area contributed by atoms with Gasteiger partial charge in [-0.05, 0) is 29.7 Å². The molecular formula is C29H26N8O. The van der Waals surface area contributed by atoms with Crippen molar-refractivity contribution in [2.75, 3.05) is 5.32 Å². The standard InChI is InChI=1S/C29H26N8O/c1-29(2,3)12-24(38)33-20-10-18(14-31-16-20)19-11-22-26(36-37-27(22)32-15-19)28-34-23-8-4-7-21(25(23)35-28)17-6-5-9-30-13-17/h4-11,13-16H,12H2,1-3H3,(H,33,38)(H,34,35)(H,32,36,37).